The summed E-state index contributed by atoms with van der Waals surface area (Å²) in [5.41, 5.74) is 1.01. The van der Waals surface area contributed by atoms with Crippen molar-refractivity contribution in [2.24, 2.45) is 0 Å². The Morgan fingerprint density at radius 2 is 1.89 bits per heavy atom. The molecular formula is C13H17N3O3. The first-order valence-corrected chi connectivity index (χ1v) is 5.84. The van der Waals surface area contributed by atoms with E-state index in [-0.39, 0.29) is 11.7 Å². The van der Waals surface area contributed by atoms with Crippen molar-refractivity contribution in [3.05, 3.63) is 29.8 Å². The molecule has 102 valence electrons. The molecule has 0 aliphatic carbocycles. The van der Waals surface area contributed by atoms with Gasteiger partial charge in [0.25, 0.3) is 0 Å². The van der Waals surface area contributed by atoms with Gasteiger partial charge in [-0.05, 0) is 26.0 Å². The van der Waals surface area contributed by atoms with Gasteiger partial charge in [0, 0.05) is 18.3 Å². The Hall–Kier alpha value is -2.37. The van der Waals surface area contributed by atoms with Gasteiger partial charge < -0.3 is 16.0 Å². The van der Waals surface area contributed by atoms with Crippen molar-refractivity contribution >= 4 is 23.4 Å². The minimum Gasteiger partial charge on any atom is -0.357 e. The molecule has 19 heavy (non-hydrogen) atoms. The van der Waals surface area contributed by atoms with Gasteiger partial charge in [0.05, 0.1) is 0 Å². The number of ketones is 1. The van der Waals surface area contributed by atoms with Gasteiger partial charge in [0.2, 0.25) is 5.91 Å². The van der Waals surface area contributed by atoms with Gasteiger partial charge in [-0.1, -0.05) is 12.1 Å². The summed E-state index contributed by atoms with van der Waals surface area (Å²) in [6, 6.07) is 5.44. The summed E-state index contributed by atoms with van der Waals surface area (Å²) in [7, 11) is 1.49. The first-order valence-electron chi connectivity index (χ1n) is 5.84. The number of Topliss-reactive ketones (excluding diaryl/α,β-unsaturated/α-hetero) is 1. The molecule has 1 unspecified atom stereocenters. The molecule has 0 heterocycles. The summed E-state index contributed by atoms with van der Waals surface area (Å²) < 4.78 is 0. The maximum absolute atomic E-state index is 11.6. The minimum absolute atomic E-state index is 0.0808. The van der Waals surface area contributed by atoms with Crippen molar-refractivity contribution in [2.45, 2.75) is 19.9 Å². The molecule has 0 spiro atoms. The van der Waals surface area contributed by atoms with Crippen LogP contribution in [0.2, 0.25) is 0 Å². The number of amides is 3. The number of rotatable bonds is 4. The molecule has 6 heteroatoms. The van der Waals surface area contributed by atoms with Crippen LogP contribution in [0.25, 0.3) is 0 Å². The lowest BCUT2D eigenvalue weighted by atomic mass is 10.1. The molecule has 0 bridgehead atoms. The third kappa shape index (κ3) is 4.42. The van der Waals surface area contributed by atoms with E-state index < -0.39 is 12.1 Å². The number of anilines is 1. The first kappa shape index (κ1) is 14.7. The molecule has 0 aliphatic heterocycles. The number of benzene rings is 1. The van der Waals surface area contributed by atoms with E-state index in [1.165, 1.54) is 14.0 Å². The van der Waals surface area contributed by atoms with Crippen LogP contribution in [0.15, 0.2) is 24.3 Å². The molecule has 0 aromatic heterocycles. The van der Waals surface area contributed by atoms with E-state index >= 15 is 0 Å². The fourth-order valence-electron chi connectivity index (χ4n) is 1.46. The molecule has 0 saturated heterocycles. The lowest BCUT2D eigenvalue weighted by molar-refractivity contribution is -0.122. The van der Waals surface area contributed by atoms with Gasteiger partial charge in [-0.15, -0.1) is 0 Å². The Morgan fingerprint density at radius 1 is 1.21 bits per heavy atom. The molecule has 0 fully saturated rings. The zero-order valence-electron chi connectivity index (χ0n) is 11.1. The Labute approximate surface area is 111 Å². The average molecular weight is 263 g/mol. The topological polar surface area (TPSA) is 87.3 Å². The third-order valence-electron chi connectivity index (χ3n) is 2.51. The number of likely N-dealkylation sites (N-methyl/N-ethyl adjacent to an activating group) is 1. The fourth-order valence-corrected chi connectivity index (χ4v) is 1.46. The highest BCUT2D eigenvalue weighted by atomic mass is 16.2. The normalized spacial score (nSPS) is 11.3. The van der Waals surface area contributed by atoms with E-state index in [0.717, 1.165) is 0 Å². The minimum atomic E-state index is -0.638. The number of urea groups is 1. The van der Waals surface area contributed by atoms with Crippen molar-refractivity contribution in [2.75, 3.05) is 12.4 Å². The lowest BCUT2D eigenvalue weighted by Gasteiger charge is -2.13. The van der Waals surface area contributed by atoms with Crippen LogP contribution in [0.3, 0.4) is 0 Å². The maximum atomic E-state index is 11.6. The Balaban J connectivity index is 2.64. The molecule has 0 radical (unpaired) electrons. The summed E-state index contributed by atoms with van der Waals surface area (Å²) in [4.78, 5) is 34.1. The smallest absolute Gasteiger partial charge is 0.319 e. The van der Waals surface area contributed by atoms with Crippen LogP contribution < -0.4 is 16.0 Å². The average Bonchev–Trinajstić information content (AvgIpc) is 2.37. The second-order valence-corrected chi connectivity index (χ2v) is 4.07. The molecule has 6 nitrogen and oxygen atoms in total. The van der Waals surface area contributed by atoms with Gasteiger partial charge in [-0.3, -0.25) is 9.59 Å². The summed E-state index contributed by atoms with van der Waals surface area (Å²) in [5.74, 6) is -0.365. The molecule has 1 aromatic rings. The largest absolute Gasteiger partial charge is 0.357 e. The SMILES string of the molecule is CNC(=O)C(C)NC(=O)Nc1cccc(C(C)=O)c1. The highest BCUT2D eigenvalue weighted by molar-refractivity contribution is 5.97. The molecule has 1 aromatic carbocycles. The van der Waals surface area contributed by atoms with Crippen LogP contribution in [0.4, 0.5) is 10.5 Å². The van der Waals surface area contributed by atoms with Crippen LogP contribution in [0, 0.1) is 0 Å². The Bertz CT molecular complexity index is 500. The summed E-state index contributed by atoms with van der Waals surface area (Å²) in [6.45, 7) is 3.03. The fraction of sp³-hybridized carbons (Fsp3) is 0.308. The first-order chi connectivity index (χ1) is 8.93. The van der Waals surface area contributed by atoms with E-state index in [9.17, 15) is 14.4 Å². The summed E-state index contributed by atoms with van der Waals surface area (Å²) >= 11 is 0. The molecule has 3 amide bonds. The number of nitrogens with one attached hydrogen (secondary N) is 3. The lowest BCUT2D eigenvalue weighted by Crippen LogP contribution is -2.45. The van der Waals surface area contributed by atoms with Crippen molar-refractivity contribution < 1.29 is 14.4 Å². The van der Waals surface area contributed by atoms with E-state index in [0.29, 0.717) is 11.3 Å². The van der Waals surface area contributed by atoms with E-state index in [2.05, 4.69) is 16.0 Å². The molecular weight excluding hydrogens is 246 g/mol. The van der Waals surface area contributed by atoms with Crippen molar-refractivity contribution in [3.8, 4) is 0 Å². The van der Waals surface area contributed by atoms with Crippen LogP contribution in [0.1, 0.15) is 24.2 Å². The Kier molecular flexibility index (Phi) is 5.05. The highest BCUT2D eigenvalue weighted by Gasteiger charge is 2.13. The quantitative estimate of drug-likeness (QED) is 0.712. The molecule has 1 rings (SSSR count). The predicted molar refractivity (Wildman–Crippen MR) is 72.1 cm³/mol. The monoisotopic (exact) mass is 263 g/mol. The molecule has 0 aliphatic rings. The number of hydrogen-bond donors (Lipinski definition) is 3. The Morgan fingerprint density at radius 3 is 2.47 bits per heavy atom. The molecule has 3 N–H and O–H groups in total. The molecule has 0 saturated carbocycles. The predicted octanol–water partition coefficient (Wildman–Crippen LogP) is 1.15. The van der Waals surface area contributed by atoms with Gasteiger partial charge in [-0.2, -0.15) is 0 Å². The summed E-state index contributed by atoms with van der Waals surface area (Å²) in [6.07, 6.45) is 0. The van der Waals surface area contributed by atoms with Crippen LogP contribution in [-0.2, 0) is 4.79 Å². The van der Waals surface area contributed by atoms with Crippen LogP contribution >= 0.6 is 0 Å². The van der Waals surface area contributed by atoms with E-state index in [1.54, 1.807) is 31.2 Å². The third-order valence-corrected chi connectivity index (χ3v) is 2.51. The van der Waals surface area contributed by atoms with Gasteiger partial charge in [-0.25, -0.2) is 4.79 Å². The van der Waals surface area contributed by atoms with E-state index in [4.69, 9.17) is 0 Å². The standard InChI is InChI=1S/C13H17N3O3/c1-8(12(18)14-3)15-13(19)16-11-6-4-5-10(7-11)9(2)17/h4-8H,1-3H3,(H,14,18)(H2,15,16,19). The zero-order chi connectivity index (χ0) is 14.4. The number of carbonyl (C=O) groups excluding carboxylic acids is 3. The van der Waals surface area contributed by atoms with Gasteiger partial charge in [0.1, 0.15) is 6.04 Å². The maximum Gasteiger partial charge on any atom is 0.319 e. The van der Waals surface area contributed by atoms with Crippen molar-refractivity contribution in [3.63, 3.8) is 0 Å². The van der Waals surface area contributed by atoms with Crippen LogP contribution in [0.5, 0.6) is 0 Å². The van der Waals surface area contributed by atoms with Crippen molar-refractivity contribution in [1.29, 1.82) is 0 Å². The van der Waals surface area contributed by atoms with Crippen LogP contribution in [-0.4, -0.2) is 30.8 Å². The second-order valence-electron chi connectivity index (χ2n) is 4.07. The van der Waals surface area contributed by atoms with E-state index in [1.807, 2.05) is 0 Å². The van der Waals surface area contributed by atoms with Crippen molar-refractivity contribution in [1.82, 2.24) is 10.6 Å². The second kappa shape index (κ2) is 6.53. The zero-order valence-corrected chi connectivity index (χ0v) is 11.1. The van der Waals surface area contributed by atoms with Gasteiger partial charge >= 0.3 is 6.03 Å². The van der Waals surface area contributed by atoms with Gasteiger partial charge in [0.15, 0.2) is 5.78 Å². The summed E-state index contributed by atoms with van der Waals surface area (Å²) in [5, 5.41) is 7.48. The number of hydrogen-bond acceptors (Lipinski definition) is 3. The highest BCUT2D eigenvalue weighted by Crippen LogP contribution is 2.10. The number of carbonyl (C=O) groups is 3. The molecule has 1 atom stereocenters.